The molecule has 0 heterocycles. The highest BCUT2D eigenvalue weighted by atomic mass is 35.5. The van der Waals surface area contributed by atoms with Gasteiger partial charge in [-0.05, 0) is 53.4 Å². The number of rotatable bonds is 9. The van der Waals surface area contributed by atoms with E-state index in [1.54, 1.807) is 60.7 Å². The summed E-state index contributed by atoms with van der Waals surface area (Å²) < 4.78 is 33.7. The molecule has 0 saturated carbocycles. The molecule has 0 unspecified atom stereocenters. The number of anilines is 2. The summed E-state index contributed by atoms with van der Waals surface area (Å²) >= 11 is 6.20. The van der Waals surface area contributed by atoms with Gasteiger partial charge in [0.05, 0.1) is 17.7 Å². The van der Waals surface area contributed by atoms with Crippen LogP contribution in [0.1, 0.15) is 42.3 Å². The molecule has 0 fully saturated rings. The van der Waals surface area contributed by atoms with Crippen LogP contribution in [0.5, 0.6) is 5.75 Å². The van der Waals surface area contributed by atoms with Crippen molar-refractivity contribution in [3.63, 3.8) is 0 Å². The van der Waals surface area contributed by atoms with Crippen LogP contribution in [0.3, 0.4) is 0 Å². The van der Waals surface area contributed by atoms with E-state index in [1.165, 1.54) is 31.4 Å². The molecular formula is C32H31ClN2O5S. The molecule has 0 atom stereocenters. The van der Waals surface area contributed by atoms with Crippen LogP contribution in [0.2, 0.25) is 5.02 Å². The molecule has 7 nitrogen and oxygen atoms in total. The fourth-order valence-electron chi connectivity index (χ4n) is 4.23. The first-order chi connectivity index (χ1) is 19.4. The molecule has 9 heteroatoms. The van der Waals surface area contributed by atoms with E-state index in [1.807, 2.05) is 12.1 Å². The normalized spacial score (nSPS) is 11.5. The van der Waals surface area contributed by atoms with Gasteiger partial charge in [-0.2, -0.15) is 0 Å². The van der Waals surface area contributed by atoms with Crippen molar-refractivity contribution in [3.05, 3.63) is 119 Å². The number of sulfonamides is 1. The minimum Gasteiger partial charge on any atom is -0.495 e. The number of methoxy groups -OCH3 is 1. The zero-order chi connectivity index (χ0) is 29.8. The minimum absolute atomic E-state index is 0.0000910. The third-order valence-electron chi connectivity index (χ3n) is 6.45. The minimum atomic E-state index is -4.18. The van der Waals surface area contributed by atoms with Gasteiger partial charge in [-0.25, -0.2) is 8.42 Å². The highest BCUT2D eigenvalue weighted by molar-refractivity contribution is 7.92. The first kappa shape index (κ1) is 29.8. The standard InChI is InChI=1S/C32H31ClN2O5S/c1-32(2,3)24-15-13-22(14-16-24)31(37)23-9-8-10-26(19-23)34-30(36)21-35(28-20-25(33)17-18-29(28)40-4)41(38,39)27-11-6-5-7-12-27/h5-20H,21H2,1-4H3,(H,34,36). The van der Waals surface area contributed by atoms with Gasteiger partial charge in [0.2, 0.25) is 5.91 Å². The van der Waals surface area contributed by atoms with E-state index in [9.17, 15) is 18.0 Å². The number of amides is 1. The molecule has 0 radical (unpaired) electrons. The second-order valence-corrected chi connectivity index (χ2v) is 12.7. The molecule has 0 saturated heterocycles. The summed E-state index contributed by atoms with van der Waals surface area (Å²) in [5, 5.41) is 3.00. The summed E-state index contributed by atoms with van der Waals surface area (Å²) in [6.07, 6.45) is 0. The predicted octanol–water partition coefficient (Wildman–Crippen LogP) is 6.71. The van der Waals surface area contributed by atoms with Crippen LogP contribution in [0.25, 0.3) is 0 Å². The predicted molar refractivity (Wildman–Crippen MR) is 163 cm³/mol. The Balaban J connectivity index is 1.61. The van der Waals surface area contributed by atoms with E-state index < -0.39 is 22.5 Å². The Morgan fingerprint density at radius 2 is 1.54 bits per heavy atom. The van der Waals surface area contributed by atoms with Gasteiger partial charge in [0.15, 0.2) is 5.78 Å². The molecule has 0 aliphatic rings. The summed E-state index contributed by atoms with van der Waals surface area (Å²) in [6, 6.07) is 26.3. The fraction of sp³-hybridized carbons (Fsp3) is 0.188. The van der Waals surface area contributed by atoms with Gasteiger partial charge in [-0.15, -0.1) is 0 Å². The number of halogens is 1. The lowest BCUT2D eigenvalue weighted by Crippen LogP contribution is -2.38. The second kappa shape index (κ2) is 12.2. The summed E-state index contributed by atoms with van der Waals surface area (Å²) in [5.74, 6) is -0.587. The van der Waals surface area contributed by atoms with Crippen molar-refractivity contribution < 1.29 is 22.7 Å². The molecule has 1 amide bonds. The van der Waals surface area contributed by atoms with Gasteiger partial charge in [-0.3, -0.25) is 13.9 Å². The number of nitrogens with zero attached hydrogens (tertiary/aromatic N) is 1. The van der Waals surface area contributed by atoms with E-state index in [2.05, 4.69) is 26.1 Å². The van der Waals surface area contributed by atoms with Gasteiger partial charge in [0.1, 0.15) is 12.3 Å². The zero-order valence-electron chi connectivity index (χ0n) is 23.2. The van der Waals surface area contributed by atoms with Gasteiger partial charge < -0.3 is 10.1 Å². The fourth-order valence-corrected chi connectivity index (χ4v) is 5.85. The molecule has 0 aromatic heterocycles. The molecule has 4 rings (SSSR count). The molecule has 0 spiro atoms. The first-order valence-electron chi connectivity index (χ1n) is 12.9. The average molecular weight is 591 g/mol. The smallest absolute Gasteiger partial charge is 0.264 e. The van der Waals surface area contributed by atoms with Crippen molar-refractivity contribution >= 4 is 44.7 Å². The van der Waals surface area contributed by atoms with E-state index in [-0.39, 0.29) is 32.6 Å². The average Bonchev–Trinajstić information content (AvgIpc) is 2.95. The number of carbonyl (C=O) groups is 2. The number of benzene rings is 4. The zero-order valence-corrected chi connectivity index (χ0v) is 24.8. The van der Waals surface area contributed by atoms with Crippen LogP contribution >= 0.6 is 11.6 Å². The summed E-state index contributed by atoms with van der Waals surface area (Å²) in [6.45, 7) is 5.74. The first-order valence-corrected chi connectivity index (χ1v) is 14.7. The lowest BCUT2D eigenvalue weighted by molar-refractivity contribution is -0.114. The van der Waals surface area contributed by atoms with Crippen molar-refractivity contribution in [1.82, 2.24) is 0 Å². The van der Waals surface area contributed by atoms with Crippen LogP contribution in [0.4, 0.5) is 11.4 Å². The van der Waals surface area contributed by atoms with E-state index in [0.29, 0.717) is 16.8 Å². The van der Waals surface area contributed by atoms with Crippen molar-refractivity contribution in [1.29, 1.82) is 0 Å². The van der Waals surface area contributed by atoms with Gasteiger partial charge >= 0.3 is 0 Å². The van der Waals surface area contributed by atoms with E-state index >= 15 is 0 Å². The largest absolute Gasteiger partial charge is 0.495 e. The highest BCUT2D eigenvalue weighted by Gasteiger charge is 2.30. The van der Waals surface area contributed by atoms with Gasteiger partial charge in [0, 0.05) is 21.8 Å². The van der Waals surface area contributed by atoms with E-state index in [0.717, 1.165) is 9.87 Å². The Hall–Kier alpha value is -4.14. The maximum atomic E-state index is 13.7. The van der Waals surface area contributed by atoms with Crippen LogP contribution in [-0.4, -0.2) is 33.8 Å². The number of hydrogen-bond acceptors (Lipinski definition) is 5. The number of carbonyl (C=O) groups excluding carboxylic acids is 2. The van der Waals surface area contributed by atoms with Crippen LogP contribution in [0, 0.1) is 0 Å². The molecule has 212 valence electrons. The Labute approximate surface area is 245 Å². The molecule has 41 heavy (non-hydrogen) atoms. The molecule has 0 aliphatic carbocycles. The van der Waals surface area contributed by atoms with Gasteiger partial charge in [-0.1, -0.05) is 87.0 Å². The Morgan fingerprint density at radius 1 is 0.854 bits per heavy atom. The third kappa shape index (κ3) is 6.96. The monoisotopic (exact) mass is 590 g/mol. The Morgan fingerprint density at radius 3 is 2.17 bits per heavy atom. The van der Waals surface area contributed by atoms with Crippen LogP contribution < -0.4 is 14.4 Å². The topological polar surface area (TPSA) is 92.8 Å². The Kier molecular flexibility index (Phi) is 8.85. The molecule has 4 aromatic carbocycles. The number of ketones is 1. The number of ether oxygens (including phenoxy) is 1. The highest BCUT2D eigenvalue weighted by Crippen LogP contribution is 2.35. The second-order valence-electron chi connectivity index (χ2n) is 10.4. The van der Waals surface area contributed by atoms with Crippen molar-refractivity contribution in [3.8, 4) is 5.75 Å². The number of hydrogen-bond donors (Lipinski definition) is 1. The molecule has 0 bridgehead atoms. The Bertz CT molecular complexity index is 1660. The van der Waals surface area contributed by atoms with Crippen LogP contribution in [-0.2, 0) is 20.2 Å². The maximum Gasteiger partial charge on any atom is 0.264 e. The maximum absolute atomic E-state index is 13.7. The number of nitrogens with one attached hydrogen (secondary N) is 1. The van der Waals surface area contributed by atoms with E-state index in [4.69, 9.17) is 16.3 Å². The van der Waals surface area contributed by atoms with Crippen LogP contribution in [0.15, 0.2) is 102 Å². The van der Waals surface area contributed by atoms with Crippen molar-refractivity contribution in [2.75, 3.05) is 23.3 Å². The SMILES string of the molecule is COc1ccc(Cl)cc1N(CC(=O)Nc1cccc(C(=O)c2ccc(C(C)(C)C)cc2)c1)S(=O)(=O)c1ccccc1. The molecule has 1 N–H and O–H groups in total. The molecular weight excluding hydrogens is 560 g/mol. The van der Waals surface area contributed by atoms with Crippen molar-refractivity contribution in [2.24, 2.45) is 0 Å². The van der Waals surface area contributed by atoms with Gasteiger partial charge in [0.25, 0.3) is 10.0 Å². The quantitative estimate of drug-likeness (QED) is 0.219. The molecule has 0 aliphatic heterocycles. The summed E-state index contributed by atoms with van der Waals surface area (Å²) in [7, 11) is -2.78. The summed E-state index contributed by atoms with van der Waals surface area (Å²) in [4.78, 5) is 26.4. The van der Waals surface area contributed by atoms with Crippen molar-refractivity contribution in [2.45, 2.75) is 31.1 Å². The summed E-state index contributed by atoms with van der Waals surface area (Å²) in [5.41, 5.74) is 2.44. The lowest BCUT2D eigenvalue weighted by Gasteiger charge is -2.26. The third-order valence-corrected chi connectivity index (χ3v) is 8.46. The molecule has 4 aromatic rings. The lowest BCUT2D eigenvalue weighted by atomic mass is 9.86.